The maximum absolute atomic E-state index is 12.6. The highest BCUT2D eigenvalue weighted by molar-refractivity contribution is 7.89. The van der Waals surface area contributed by atoms with Gasteiger partial charge < -0.3 is 4.74 Å². The van der Waals surface area contributed by atoms with Crippen molar-refractivity contribution in [3.63, 3.8) is 0 Å². The van der Waals surface area contributed by atoms with E-state index < -0.39 is 10.0 Å². The van der Waals surface area contributed by atoms with Gasteiger partial charge in [-0.05, 0) is 31.0 Å². The zero-order valence-electron chi connectivity index (χ0n) is 10.5. The summed E-state index contributed by atoms with van der Waals surface area (Å²) in [5, 5.41) is 0.540. The highest BCUT2D eigenvalue weighted by Crippen LogP contribution is 2.31. The first-order valence-corrected chi connectivity index (χ1v) is 8.12. The third-order valence-corrected chi connectivity index (χ3v) is 5.83. The van der Waals surface area contributed by atoms with Gasteiger partial charge >= 0.3 is 0 Å². The zero-order valence-corrected chi connectivity index (χ0v) is 12.8. The van der Waals surface area contributed by atoms with Crippen LogP contribution in [-0.2, 0) is 14.8 Å². The zero-order chi connectivity index (χ0) is 14.0. The van der Waals surface area contributed by atoms with Gasteiger partial charge in [-0.15, -0.1) is 0 Å². The van der Waals surface area contributed by atoms with Gasteiger partial charge in [0.1, 0.15) is 4.90 Å². The summed E-state index contributed by atoms with van der Waals surface area (Å²) in [7, 11) is -2.06. The van der Waals surface area contributed by atoms with Crippen molar-refractivity contribution in [2.45, 2.75) is 23.8 Å². The molecule has 1 aliphatic rings. The van der Waals surface area contributed by atoms with Gasteiger partial charge in [0.25, 0.3) is 0 Å². The molecule has 1 fully saturated rings. The van der Waals surface area contributed by atoms with Crippen LogP contribution in [0.3, 0.4) is 0 Å². The maximum atomic E-state index is 12.6. The van der Waals surface area contributed by atoms with E-state index >= 15 is 0 Å². The molecular formula is C12H15Cl2NO3S. The minimum absolute atomic E-state index is 0.0599. The second kappa shape index (κ2) is 5.97. The van der Waals surface area contributed by atoms with E-state index in [1.165, 1.54) is 16.4 Å². The lowest BCUT2D eigenvalue weighted by Gasteiger charge is -2.24. The van der Waals surface area contributed by atoms with Crippen molar-refractivity contribution in [1.29, 1.82) is 0 Å². The van der Waals surface area contributed by atoms with E-state index in [-0.39, 0.29) is 16.0 Å². The van der Waals surface area contributed by atoms with Gasteiger partial charge in [-0.3, -0.25) is 0 Å². The van der Waals surface area contributed by atoms with Gasteiger partial charge in [-0.2, -0.15) is 4.31 Å². The summed E-state index contributed by atoms with van der Waals surface area (Å²) in [6.45, 7) is 0.872. The Hall–Kier alpha value is -0.330. The minimum atomic E-state index is -3.63. The number of hydrogen-bond acceptors (Lipinski definition) is 3. The smallest absolute Gasteiger partial charge is 0.244 e. The van der Waals surface area contributed by atoms with E-state index in [0.717, 1.165) is 12.8 Å². The lowest BCUT2D eigenvalue weighted by molar-refractivity contribution is 0.149. The van der Waals surface area contributed by atoms with E-state index in [1.807, 2.05) is 0 Å². The monoisotopic (exact) mass is 323 g/mol. The summed E-state index contributed by atoms with van der Waals surface area (Å²) in [5.74, 6) is 0. The molecule has 0 aromatic heterocycles. The predicted octanol–water partition coefficient (Wildman–Crippen LogP) is 2.79. The second-order valence-electron chi connectivity index (χ2n) is 4.44. The molecule has 0 spiro atoms. The van der Waals surface area contributed by atoms with Crippen molar-refractivity contribution in [2.24, 2.45) is 0 Å². The van der Waals surface area contributed by atoms with Crippen LogP contribution < -0.4 is 0 Å². The highest BCUT2D eigenvalue weighted by atomic mass is 35.5. The number of benzene rings is 1. The summed E-state index contributed by atoms with van der Waals surface area (Å²) < 4.78 is 31.8. The lowest BCUT2D eigenvalue weighted by atomic mass is 10.2. The van der Waals surface area contributed by atoms with Gasteiger partial charge in [0.05, 0.1) is 11.6 Å². The van der Waals surface area contributed by atoms with Crippen LogP contribution in [-0.4, -0.2) is 39.0 Å². The SMILES string of the molecule is COC[C@@H]1CCCN1S(=O)(=O)c1cc(Cl)ccc1Cl. The highest BCUT2D eigenvalue weighted by Gasteiger charge is 2.36. The Labute approximate surface area is 123 Å². The first kappa shape index (κ1) is 15.1. The Morgan fingerprint density at radius 1 is 1.42 bits per heavy atom. The fourth-order valence-corrected chi connectivity index (χ4v) is 4.70. The number of ether oxygens (including phenoxy) is 1. The summed E-state index contributed by atoms with van der Waals surface area (Å²) in [4.78, 5) is 0.0599. The van der Waals surface area contributed by atoms with Crippen LogP contribution in [0.2, 0.25) is 10.0 Å². The van der Waals surface area contributed by atoms with Crippen molar-refractivity contribution < 1.29 is 13.2 Å². The van der Waals surface area contributed by atoms with Crippen LogP contribution in [0, 0.1) is 0 Å². The number of halogens is 2. The van der Waals surface area contributed by atoms with E-state index in [1.54, 1.807) is 13.2 Å². The molecule has 7 heteroatoms. The molecule has 1 saturated heterocycles. The molecule has 1 aliphatic heterocycles. The van der Waals surface area contributed by atoms with Crippen molar-refractivity contribution in [3.8, 4) is 0 Å². The molecule has 0 amide bonds. The number of nitrogens with zero attached hydrogens (tertiary/aromatic N) is 1. The first-order valence-electron chi connectivity index (χ1n) is 5.92. The van der Waals surface area contributed by atoms with E-state index in [4.69, 9.17) is 27.9 Å². The Bertz CT molecular complexity index is 562. The van der Waals surface area contributed by atoms with Crippen LogP contribution >= 0.6 is 23.2 Å². The van der Waals surface area contributed by atoms with Gasteiger partial charge in [0.2, 0.25) is 10.0 Å². The largest absolute Gasteiger partial charge is 0.383 e. The number of methoxy groups -OCH3 is 1. The molecule has 0 unspecified atom stereocenters. The molecule has 2 rings (SSSR count). The molecule has 0 saturated carbocycles. The molecule has 4 nitrogen and oxygen atoms in total. The Kier molecular flexibility index (Phi) is 4.74. The number of sulfonamides is 1. The topological polar surface area (TPSA) is 46.6 Å². The van der Waals surface area contributed by atoms with Crippen LogP contribution in [0.1, 0.15) is 12.8 Å². The van der Waals surface area contributed by atoms with Crippen LogP contribution in [0.25, 0.3) is 0 Å². The molecule has 0 aliphatic carbocycles. The molecule has 19 heavy (non-hydrogen) atoms. The van der Waals surface area contributed by atoms with Crippen molar-refractivity contribution in [3.05, 3.63) is 28.2 Å². The third kappa shape index (κ3) is 3.06. The summed E-state index contributed by atoms with van der Waals surface area (Å²) in [6.07, 6.45) is 1.62. The lowest BCUT2D eigenvalue weighted by Crippen LogP contribution is -2.38. The van der Waals surface area contributed by atoms with E-state index in [9.17, 15) is 8.42 Å². The standard InChI is InChI=1S/C12H15Cl2NO3S/c1-18-8-10-3-2-6-15(10)19(16,17)12-7-9(13)4-5-11(12)14/h4-5,7,10H,2-3,6,8H2,1H3/t10-/m0/s1. The molecule has 0 radical (unpaired) electrons. The normalized spacial score (nSPS) is 20.9. The molecule has 106 valence electrons. The molecule has 1 heterocycles. The van der Waals surface area contributed by atoms with Crippen molar-refractivity contribution in [1.82, 2.24) is 4.31 Å². The first-order chi connectivity index (χ1) is 8.96. The van der Waals surface area contributed by atoms with Gasteiger partial charge in [-0.25, -0.2) is 8.42 Å². The number of rotatable bonds is 4. The van der Waals surface area contributed by atoms with Crippen LogP contribution in [0.15, 0.2) is 23.1 Å². The maximum Gasteiger partial charge on any atom is 0.244 e. The molecular weight excluding hydrogens is 309 g/mol. The fourth-order valence-electron chi connectivity index (χ4n) is 2.29. The summed E-state index contributed by atoms with van der Waals surface area (Å²) in [6, 6.07) is 4.32. The van der Waals surface area contributed by atoms with E-state index in [0.29, 0.717) is 18.2 Å². The Balaban J connectivity index is 2.39. The molecule has 1 aromatic rings. The second-order valence-corrected chi connectivity index (χ2v) is 7.14. The van der Waals surface area contributed by atoms with Crippen LogP contribution in [0.5, 0.6) is 0 Å². The Morgan fingerprint density at radius 3 is 2.84 bits per heavy atom. The fraction of sp³-hybridized carbons (Fsp3) is 0.500. The number of hydrogen-bond donors (Lipinski definition) is 0. The van der Waals surface area contributed by atoms with Gasteiger partial charge in [0.15, 0.2) is 0 Å². The molecule has 0 bridgehead atoms. The average Bonchev–Trinajstić information content (AvgIpc) is 2.81. The predicted molar refractivity (Wildman–Crippen MR) is 75.3 cm³/mol. The summed E-state index contributed by atoms with van der Waals surface area (Å²) >= 11 is 11.8. The summed E-state index contributed by atoms with van der Waals surface area (Å²) in [5.41, 5.74) is 0. The quantitative estimate of drug-likeness (QED) is 0.856. The molecule has 0 N–H and O–H groups in total. The average molecular weight is 324 g/mol. The molecule has 1 aromatic carbocycles. The molecule has 1 atom stereocenters. The van der Waals surface area contributed by atoms with Crippen LogP contribution in [0.4, 0.5) is 0 Å². The minimum Gasteiger partial charge on any atom is -0.383 e. The van der Waals surface area contributed by atoms with Crippen molar-refractivity contribution in [2.75, 3.05) is 20.3 Å². The third-order valence-electron chi connectivity index (χ3n) is 3.16. The Morgan fingerprint density at radius 2 is 2.16 bits per heavy atom. The van der Waals surface area contributed by atoms with Gasteiger partial charge in [0, 0.05) is 24.7 Å². The van der Waals surface area contributed by atoms with E-state index in [2.05, 4.69) is 0 Å². The van der Waals surface area contributed by atoms with Gasteiger partial charge in [-0.1, -0.05) is 23.2 Å². The van der Waals surface area contributed by atoms with Crippen molar-refractivity contribution >= 4 is 33.2 Å².